The molecule has 21 heavy (non-hydrogen) atoms. The van der Waals surface area contributed by atoms with Crippen molar-refractivity contribution in [3.63, 3.8) is 0 Å². The molecule has 114 valence electrons. The molecule has 2 aliphatic rings. The Morgan fingerprint density at radius 1 is 1.33 bits per heavy atom. The van der Waals surface area contributed by atoms with Crippen LogP contribution in [0.5, 0.6) is 0 Å². The van der Waals surface area contributed by atoms with E-state index in [1.165, 1.54) is 12.1 Å². The average Bonchev–Trinajstić information content (AvgIpc) is 3.28. The molecule has 2 fully saturated rings. The molecule has 7 heteroatoms. The molecule has 2 saturated carbocycles. The zero-order valence-electron chi connectivity index (χ0n) is 11.5. The van der Waals surface area contributed by atoms with Crippen LogP contribution in [0, 0.1) is 11.7 Å². The molecule has 2 N–H and O–H groups in total. The van der Waals surface area contributed by atoms with E-state index in [-0.39, 0.29) is 21.5 Å². The van der Waals surface area contributed by atoms with Gasteiger partial charge in [-0.25, -0.2) is 12.8 Å². The topological polar surface area (TPSA) is 63.4 Å². The third-order valence-electron chi connectivity index (χ3n) is 3.90. The Labute approximate surface area is 129 Å². The third kappa shape index (κ3) is 3.09. The van der Waals surface area contributed by atoms with Crippen molar-refractivity contribution in [3.05, 3.63) is 29.6 Å². The van der Waals surface area contributed by atoms with Gasteiger partial charge in [-0.3, -0.25) is 0 Å². The van der Waals surface area contributed by atoms with Gasteiger partial charge in [0.15, 0.2) is 0 Å². The van der Waals surface area contributed by atoms with E-state index in [4.69, 9.17) is 18.0 Å². The van der Waals surface area contributed by atoms with E-state index < -0.39 is 15.8 Å². The molecule has 0 bridgehead atoms. The second-order valence-electron chi connectivity index (χ2n) is 5.76. The average molecular weight is 328 g/mol. The summed E-state index contributed by atoms with van der Waals surface area (Å²) < 4.78 is 40.8. The molecule has 4 nitrogen and oxygen atoms in total. The maximum absolute atomic E-state index is 13.6. The zero-order valence-corrected chi connectivity index (χ0v) is 13.1. The molecule has 1 aromatic rings. The normalized spacial score (nSPS) is 19.0. The third-order valence-corrected chi connectivity index (χ3v) is 6.03. The lowest BCUT2D eigenvalue weighted by Gasteiger charge is -2.22. The van der Waals surface area contributed by atoms with Gasteiger partial charge in [-0.05, 0) is 49.8 Å². The first-order chi connectivity index (χ1) is 9.89. The molecule has 0 radical (unpaired) electrons. The van der Waals surface area contributed by atoms with E-state index in [1.807, 2.05) is 0 Å². The molecule has 0 amide bonds. The fourth-order valence-corrected chi connectivity index (χ4v) is 4.29. The summed E-state index contributed by atoms with van der Waals surface area (Å²) in [5.74, 6) is -0.127. The molecular weight excluding hydrogens is 311 g/mol. The van der Waals surface area contributed by atoms with Gasteiger partial charge in [0, 0.05) is 18.2 Å². The van der Waals surface area contributed by atoms with E-state index in [1.54, 1.807) is 4.31 Å². The van der Waals surface area contributed by atoms with Crippen LogP contribution < -0.4 is 5.73 Å². The number of benzene rings is 1. The highest BCUT2D eigenvalue weighted by Crippen LogP contribution is 2.38. The maximum atomic E-state index is 13.6. The van der Waals surface area contributed by atoms with Gasteiger partial charge in [-0.1, -0.05) is 12.2 Å². The van der Waals surface area contributed by atoms with Gasteiger partial charge in [0.05, 0.1) is 4.90 Å². The van der Waals surface area contributed by atoms with Crippen LogP contribution in [-0.2, 0) is 10.0 Å². The summed E-state index contributed by atoms with van der Waals surface area (Å²) in [5.41, 5.74) is 5.43. The van der Waals surface area contributed by atoms with Crippen LogP contribution in [0.15, 0.2) is 23.1 Å². The summed E-state index contributed by atoms with van der Waals surface area (Å²) in [7, 11) is -3.61. The van der Waals surface area contributed by atoms with Crippen LogP contribution in [-0.4, -0.2) is 30.3 Å². The molecule has 0 aromatic heterocycles. The van der Waals surface area contributed by atoms with Crippen molar-refractivity contribution in [2.75, 3.05) is 6.54 Å². The van der Waals surface area contributed by atoms with E-state index in [9.17, 15) is 12.8 Å². The van der Waals surface area contributed by atoms with Crippen molar-refractivity contribution >= 4 is 27.2 Å². The summed E-state index contributed by atoms with van der Waals surface area (Å²) in [6.45, 7) is 0.562. The van der Waals surface area contributed by atoms with Crippen molar-refractivity contribution in [1.29, 1.82) is 0 Å². The van der Waals surface area contributed by atoms with Crippen LogP contribution in [0.4, 0.5) is 4.39 Å². The Kier molecular flexibility index (Phi) is 3.75. The molecule has 2 aliphatic carbocycles. The molecule has 0 spiro atoms. The predicted octanol–water partition coefficient (Wildman–Crippen LogP) is 2.02. The van der Waals surface area contributed by atoms with Crippen molar-refractivity contribution in [1.82, 2.24) is 4.31 Å². The Bertz CT molecular complexity index is 682. The quantitative estimate of drug-likeness (QED) is 0.812. The number of nitrogens with zero attached hydrogens (tertiary/aromatic N) is 1. The highest BCUT2D eigenvalue weighted by Gasteiger charge is 2.41. The van der Waals surface area contributed by atoms with Crippen LogP contribution in [0.1, 0.15) is 31.2 Å². The second kappa shape index (κ2) is 5.30. The first kappa shape index (κ1) is 14.9. The lowest BCUT2D eigenvalue weighted by Crippen LogP contribution is -2.35. The van der Waals surface area contributed by atoms with Gasteiger partial charge in [-0.2, -0.15) is 4.31 Å². The molecular formula is C14H17FN2O2S2. The molecule has 0 heterocycles. The Balaban J connectivity index is 1.96. The summed E-state index contributed by atoms with van der Waals surface area (Å²) in [5, 5.41) is 0. The number of hydrogen-bond donors (Lipinski definition) is 1. The molecule has 0 aliphatic heterocycles. The van der Waals surface area contributed by atoms with Gasteiger partial charge >= 0.3 is 0 Å². The van der Waals surface area contributed by atoms with Crippen LogP contribution in [0.25, 0.3) is 0 Å². The highest BCUT2D eigenvalue weighted by molar-refractivity contribution is 7.89. The van der Waals surface area contributed by atoms with Crippen molar-refractivity contribution in [3.8, 4) is 0 Å². The van der Waals surface area contributed by atoms with Crippen LogP contribution >= 0.6 is 12.2 Å². The number of halogens is 1. The number of rotatable bonds is 6. The summed E-state index contributed by atoms with van der Waals surface area (Å²) in [6, 6.07) is 3.74. The van der Waals surface area contributed by atoms with E-state index >= 15 is 0 Å². The summed E-state index contributed by atoms with van der Waals surface area (Å²) >= 11 is 4.77. The molecule has 0 atom stereocenters. The standard InChI is InChI=1S/C14H17FN2O2S2/c15-13-6-5-11(7-12(13)14(16)20)21(18,19)17(10-3-4-10)8-9-1-2-9/h5-7,9-10H,1-4,8H2,(H2,16,20). The SMILES string of the molecule is NC(=S)c1cc(S(=O)(=O)N(CC2CC2)C2CC2)ccc1F. The van der Waals surface area contributed by atoms with Gasteiger partial charge < -0.3 is 5.73 Å². The molecule has 1 aromatic carbocycles. The van der Waals surface area contributed by atoms with Gasteiger partial charge in [-0.15, -0.1) is 0 Å². The number of hydrogen-bond acceptors (Lipinski definition) is 3. The van der Waals surface area contributed by atoms with E-state index in [0.29, 0.717) is 12.5 Å². The minimum absolute atomic E-state index is 0.0201. The smallest absolute Gasteiger partial charge is 0.243 e. The second-order valence-corrected chi connectivity index (χ2v) is 8.09. The zero-order chi connectivity index (χ0) is 15.2. The largest absolute Gasteiger partial charge is 0.389 e. The predicted molar refractivity (Wildman–Crippen MR) is 81.9 cm³/mol. The minimum Gasteiger partial charge on any atom is -0.389 e. The van der Waals surface area contributed by atoms with E-state index in [0.717, 1.165) is 31.7 Å². The maximum Gasteiger partial charge on any atom is 0.243 e. The Hall–Kier alpha value is -1.05. The van der Waals surface area contributed by atoms with Crippen LogP contribution in [0.3, 0.4) is 0 Å². The fraction of sp³-hybridized carbons (Fsp3) is 0.500. The lowest BCUT2D eigenvalue weighted by atomic mass is 10.2. The molecule has 0 saturated heterocycles. The number of nitrogens with two attached hydrogens (primary N) is 1. The monoisotopic (exact) mass is 328 g/mol. The van der Waals surface area contributed by atoms with Crippen molar-refractivity contribution in [2.24, 2.45) is 11.7 Å². The van der Waals surface area contributed by atoms with Crippen LogP contribution in [0.2, 0.25) is 0 Å². The van der Waals surface area contributed by atoms with Crippen molar-refractivity contribution < 1.29 is 12.8 Å². The Morgan fingerprint density at radius 2 is 2.00 bits per heavy atom. The van der Waals surface area contributed by atoms with Gasteiger partial charge in [0.1, 0.15) is 10.8 Å². The van der Waals surface area contributed by atoms with E-state index in [2.05, 4.69) is 0 Å². The van der Waals surface area contributed by atoms with Gasteiger partial charge in [0.2, 0.25) is 10.0 Å². The summed E-state index contributed by atoms with van der Waals surface area (Å²) in [4.78, 5) is -0.0658. The summed E-state index contributed by atoms with van der Waals surface area (Å²) in [6.07, 6.45) is 3.96. The highest BCUT2D eigenvalue weighted by atomic mass is 32.2. The first-order valence-electron chi connectivity index (χ1n) is 7.01. The minimum atomic E-state index is -3.61. The fourth-order valence-electron chi connectivity index (χ4n) is 2.35. The number of thiocarbonyl (C=S) groups is 1. The van der Waals surface area contributed by atoms with Gasteiger partial charge in [0.25, 0.3) is 0 Å². The Morgan fingerprint density at radius 3 is 2.52 bits per heavy atom. The first-order valence-corrected chi connectivity index (χ1v) is 8.85. The molecule has 0 unspecified atom stereocenters. The lowest BCUT2D eigenvalue weighted by molar-refractivity contribution is 0.388. The van der Waals surface area contributed by atoms with Crippen molar-refractivity contribution in [2.45, 2.75) is 36.6 Å². The number of sulfonamides is 1. The molecule has 3 rings (SSSR count).